The predicted molar refractivity (Wildman–Crippen MR) is 43.5 cm³/mol. The number of aryl methyl sites for hydroxylation is 1. The quantitative estimate of drug-likeness (QED) is 0.620. The van der Waals surface area contributed by atoms with Gasteiger partial charge in [0.05, 0.1) is 0 Å². The molecule has 0 saturated heterocycles. The second-order valence-corrected chi connectivity index (χ2v) is 2.46. The van der Waals surface area contributed by atoms with E-state index in [0.29, 0.717) is 6.54 Å². The molecule has 10 heavy (non-hydrogen) atoms. The maximum Gasteiger partial charge on any atom is 0.0178 e. The van der Waals surface area contributed by atoms with E-state index in [4.69, 9.17) is 5.73 Å². The zero-order valence-corrected chi connectivity index (χ0v) is 6.22. The van der Waals surface area contributed by atoms with Gasteiger partial charge in [-0.2, -0.15) is 0 Å². The van der Waals surface area contributed by atoms with Gasteiger partial charge in [0.25, 0.3) is 0 Å². The van der Waals surface area contributed by atoms with Crippen LogP contribution in [0.1, 0.15) is 16.7 Å². The second-order valence-electron chi connectivity index (χ2n) is 2.46. The summed E-state index contributed by atoms with van der Waals surface area (Å²) in [4.78, 5) is 0. The highest BCUT2D eigenvalue weighted by atomic mass is 14.5. The minimum atomic E-state index is 0.612. The van der Waals surface area contributed by atoms with Crippen LogP contribution in [0.2, 0.25) is 0 Å². The molecule has 53 valence electrons. The van der Waals surface area contributed by atoms with Gasteiger partial charge in [-0.05, 0) is 30.5 Å². The van der Waals surface area contributed by atoms with Gasteiger partial charge in [-0.3, -0.25) is 0 Å². The van der Waals surface area contributed by atoms with Gasteiger partial charge in [0.1, 0.15) is 0 Å². The molecule has 0 aromatic heterocycles. The summed E-state index contributed by atoms with van der Waals surface area (Å²) in [6.45, 7) is 6.51. The lowest BCUT2D eigenvalue weighted by Crippen LogP contribution is -1.96. The maximum absolute atomic E-state index is 5.45. The standard InChI is InChI=1S/C9H12N/c1-7-3-4-9(6-10)5-8(7)2/h3-5H,1,6,10H2,2H3. The highest BCUT2D eigenvalue weighted by Gasteiger charge is 1.92. The van der Waals surface area contributed by atoms with Gasteiger partial charge in [-0.25, -0.2) is 0 Å². The lowest BCUT2D eigenvalue weighted by molar-refractivity contribution is 1.06. The fraction of sp³-hybridized carbons (Fsp3) is 0.222. The molecule has 0 saturated carbocycles. The van der Waals surface area contributed by atoms with Crippen molar-refractivity contribution in [1.29, 1.82) is 0 Å². The Morgan fingerprint density at radius 2 is 2.20 bits per heavy atom. The molecule has 2 N–H and O–H groups in total. The predicted octanol–water partition coefficient (Wildman–Crippen LogP) is 1.64. The van der Waals surface area contributed by atoms with E-state index in [1.165, 1.54) is 11.1 Å². The van der Waals surface area contributed by atoms with Crippen molar-refractivity contribution >= 4 is 0 Å². The Morgan fingerprint density at radius 3 is 2.70 bits per heavy atom. The first-order valence-electron chi connectivity index (χ1n) is 3.35. The second kappa shape index (κ2) is 2.84. The average Bonchev–Trinajstić information content (AvgIpc) is 1.95. The Balaban J connectivity index is 3.04. The molecule has 1 aromatic rings. The van der Waals surface area contributed by atoms with Crippen LogP contribution in [-0.4, -0.2) is 0 Å². The lowest BCUT2D eigenvalue weighted by atomic mass is 10.1. The first-order chi connectivity index (χ1) is 4.74. The summed E-state index contributed by atoms with van der Waals surface area (Å²) in [5, 5.41) is 0. The Hall–Kier alpha value is -0.820. The molecule has 1 radical (unpaired) electrons. The molecule has 0 aliphatic heterocycles. The van der Waals surface area contributed by atoms with E-state index in [9.17, 15) is 0 Å². The molecule has 1 nitrogen and oxygen atoms in total. The first kappa shape index (κ1) is 7.29. The fourth-order valence-corrected chi connectivity index (χ4v) is 0.885. The molecule has 0 bridgehead atoms. The minimum absolute atomic E-state index is 0.612. The zero-order chi connectivity index (χ0) is 7.56. The van der Waals surface area contributed by atoms with Crippen molar-refractivity contribution in [2.24, 2.45) is 5.73 Å². The van der Waals surface area contributed by atoms with E-state index < -0.39 is 0 Å². The molecule has 0 atom stereocenters. The van der Waals surface area contributed by atoms with Crippen molar-refractivity contribution in [2.45, 2.75) is 13.5 Å². The highest BCUT2D eigenvalue weighted by molar-refractivity contribution is 5.32. The Labute approximate surface area is 61.9 Å². The third-order valence-electron chi connectivity index (χ3n) is 1.64. The third-order valence-corrected chi connectivity index (χ3v) is 1.64. The van der Waals surface area contributed by atoms with Crippen LogP contribution in [0.3, 0.4) is 0 Å². The summed E-state index contributed by atoms with van der Waals surface area (Å²) in [5.74, 6) is 0. The molecule has 0 amide bonds. The van der Waals surface area contributed by atoms with Crippen LogP contribution in [-0.2, 0) is 6.54 Å². The first-order valence-corrected chi connectivity index (χ1v) is 3.35. The van der Waals surface area contributed by atoms with E-state index >= 15 is 0 Å². The summed E-state index contributed by atoms with van der Waals surface area (Å²) in [6.07, 6.45) is 0. The molecule has 1 aromatic carbocycles. The molecule has 0 unspecified atom stereocenters. The van der Waals surface area contributed by atoms with E-state index in [1.807, 2.05) is 19.1 Å². The van der Waals surface area contributed by atoms with Crippen molar-refractivity contribution in [1.82, 2.24) is 0 Å². The average molecular weight is 134 g/mol. The molecule has 0 spiro atoms. The number of nitrogens with two attached hydrogens (primary N) is 1. The van der Waals surface area contributed by atoms with E-state index in [2.05, 4.69) is 13.0 Å². The SMILES string of the molecule is [CH2]c1ccc(CN)cc1C. The van der Waals surface area contributed by atoms with Crippen LogP contribution in [0.25, 0.3) is 0 Å². The monoisotopic (exact) mass is 134 g/mol. The van der Waals surface area contributed by atoms with Crippen molar-refractivity contribution in [3.05, 3.63) is 41.8 Å². The van der Waals surface area contributed by atoms with Gasteiger partial charge < -0.3 is 5.73 Å². The lowest BCUT2D eigenvalue weighted by Gasteiger charge is -2.01. The van der Waals surface area contributed by atoms with Gasteiger partial charge >= 0.3 is 0 Å². The van der Waals surface area contributed by atoms with Gasteiger partial charge in [0.2, 0.25) is 0 Å². The fourth-order valence-electron chi connectivity index (χ4n) is 0.885. The Bertz CT molecular complexity index is 228. The summed E-state index contributed by atoms with van der Waals surface area (Å²) >= 11 is 0. The summed E-state index contributed by atoms with van der Waals surface area (Å²) in [6, 6.07) is 6.08. The Morgan fingerprint density at radius 1 is 1.50 bits per heavy atom. The molecule has 0 aliphatic carbocycles. The maximum atomic E-state index is 5.45. The zero-order valence-electron chi connectivity index (χ0n) is 6.22. The smallest absolute Gasteiger partial charge is 0.0178 e. The third kappa shape index (κ3) is 1.36. The van der Waals surface area contributed by atoms with Gasteiger partial charge in [0, 0.05) is 6.54 Å². The number of hydrogen-bond acceptors (Lipinski definition) is 1. The molecular formula is C9H12N. The summed E-state index contributed by atoms with van der Waals surface area (Å²) in [5.41, 5.74) is 8.91. The van der Waals surface area contributed by atoms with E-state index in [1.54, 1.807) is 0 Å². The molecule has 1 heteroatoms. The molecule has 0 heterocycles. The van der Waals surface area contributed by atoms with Crippen LogP contribution >= 0.6 is 0 Å². The van der Waals surface area contributed by atoms with Crippen LogP contribution in [0.4, 0.5) is 0 Å². The number of rotatable bonds is 1. The van der Waals surface area contributed by atoms with Crippen molar-refractivity contribution in [3.8, 4) is 0 Å². The van der Waals surface area contributed by atoms with Crippen molar-refractivity contribution in [3.63, 3.8) is 0 Å². The van der Waals surface area contributed by atoms with Crippen LogP contribution in [0.5, 0.6) is 0 Å². The molecule has 0 aliphatic rings. The normalized spacial score (nSPS) is 9.90. The largest absolute Gasteiger partial charge is 0.326 e. The van der Waals surface area contributed by atoms with E-state index in [-0.39, 0.29) is 0 Å². The minimum Gasteiger partial charge on any atom is -0.326 e. The summed E-state index contributed by atoms with van der Waals surface area (Å²) < 4.78 is 0. The van der Waals surface area contributed by atoms with Crippen LogP contribution in [0, 0.1) is 13.8 Å². The number of benzene rings is 1. The number of hydrogen-bond donors (Lipinski definition) is 1. The highest BCUT2D eigenvalue weighted by Crippen LogP contribution is 2.08. The van der Waals surface area contributed by atoms with Crippen molar-refractivity contribution < 1.29 is 0 Å². The van der Waals surface area contributed by atoms with Gasteiger partial charge in [-0.1, -0.05) is 18.2 Å². The molecule has 0 fully saturated rings. The van der Waals surface area contributed by atoms with Gasteiger partial charge in [-0.15, -0.1) is 0 Å². The van der Waals surface area contributed by atoms with E-state index in [0.717, 1.165) is 5.56 Å². The summed E-state index contributed by atoms with van der Waals surface area (Å²) in [7, 11) is 0. The van der Waals surface area contributed by atoms with Crippen LogP contribution in [0.15, 0.2) is 18.2 Å². The molecular weight excluding hydrogens is 122 g/mol. The molecule has 1 rings (SSSR count). The van der Waals surface area contributed by atoms with Crippen molar-refractivity contribution in [2.75, 3.05) is 0 Å². The topological polar surface area (TPSA) is 26.0 Å². The van der Waals surface area contributed by atoms with Gasteiger partial charge in [0.15, 0.2) is 0 Å². The van der Waals surface area contributed by atoms with Crippen LogP contribution < -0.4 is 5.73 Å². The Kier molecular flexibility index (Phi) is 2.07.